The molecular formula is C10H15F3O2. The van der Waals surface area contributed by atoms with Crippen LogP contribution >= 0.6 is 0 Å². The van der Waals surface area contributed by atoms with Gasteiger partial charge in [-0.05, 0) is 25.2 Å². The third-order valence-electron chi connectivity index (χ3n) is 2.76. The van der Waals surface area contributed by atoms with Crippen LogP contribution in [0.25, 0.3) is 0 Å². The zero-order valence-corrected chi connectivity index (χ0v) is 8.64. The second kappa shape index (κ2) is 4.96. The van der Waals surface area contributed by atoms with E-state index < -0.39 is 13.0 Å². The third kappa shape index (κ3) is 4.64. The largest absolute Gasteiger partial charge is 0.522 e. The highest BCUT2D eigenvalue weighted by Crippen LogP contribution is 2.28. The summed E-state index contributed by atoms with van der Waals surface area (Å²) in [5.74, 6) is 0.272. The van der Waals surface area contributed by atoms with E-state index in [1.54, 1.807) is 0 Å². The first kappa shape index (κ1) is 12.5. The SMILES string of the molecule is CC1CCC(=O)C(CCOC(F)(F)F)C1. The number of ketones is 1. The highest BCUT2D eigenvalue weighted by molar-refractivity contribution is 5.81. The smallest absolute Gasteiger partial charge is 0.299 e. The highest BCUT2D eigenvalue weighted by atomic mass is 19.4. The summed E-state index contributed by atoms with van der Waals surface area (Å²) >= 11 is 0. The van der Waals surface area contributed by atoms with Gasteiger partial charge in [-0.15, -0.1) is 13.2 Å². The van der Waals surface area contributed by atoms with Crippen molar-refractivity contribution in [1.82, 2.24) is 0 Å². The fourth-order valence-electron chi connectivity index (χ4n) is 1.92. The molecule has 1 aliphatic carbocycles. The van der Waals surface area contributed by atoms with Gasteiger partial charge in [0.15, 0.2) is 0 Å². The molecule has 1 rings (SSSR count). The minimum Gasteiger partial charge on any atom is -0.299 e. The minimum absolute atomic E-state index is 0.0823. The van der Waals surface area contributed by atoms with E-state index in [1.807, 2.05) is 6.92 Å². The van der Waals surface area contributed by atoms with Crippen LogP contribution in [0, 0.1) is 11.8 Å². The van der Waals surface area contributed by atoms with Gasteiger partial charge < -0.3 is 0 Å². The number of carbonyl (C=O) groups excluding carboxylic acids is 1. The van der Waals surface area contributed by atoms with Gasteiger partial charge in [0.2, 0.25) is 0 Å². The van der Waals surface area contributed by atoms with E-state index >= 15 is 0 Å². The summed E-state index contributed by atoms with van der Waals surface area (Å²) < 4.78 is 38.7. The topological polar surface area (TPSA) is 26.3 Å². The predicted molar refractivity (Wildman–Crippen MR) is 48.1 cm³/mol. The molecular weight excluding hydrogens is 209 g/mol. The Labute approximate surface area is 86.8 Å². The second-order valence-electron chi connectivity index (χ2n) is 4.13. The minimum atomic E-state index is -4.58. The van der Waals surface area contributed by atoms with Crippen molar-refractivity contribution in [2.75, 3.05) is 6.61 Å². The summed E-state index contributed by atoms with van der Waals surface area (Å²) in [5, 5.41) is 0. The van der Waals surface area contributed by atoms with Crippen LogP contribution in [-0.4, -0.2) is 18.8 Å². The molecule has 1 aliphatic rings. The lowest BCUT2D eigenvalue weighted by Crippen LogP contribution is -2.26. The van der Waals surface area contributed by atoms with Crippen molar-refractivity contribution in [3.8, 4) is 0 Å². The molecule has 15 heavy (non-hydrogen) atoms. The van der Waals surface area contributed by atoms with Crippen molar-refractivity contribution in [3.63, 3.8) is 0 Å². The Bertz CT molecular complexity index is 225. The molecule has 0 radical (unpaired) electrons. The maximum absolute atomic E-state index is 11.7. The average Bonchev–Trinajstić information content (AvgIpc) is 2.09. The van der Waals surface area contributed by atoms with Crippen molar-refractivity contribution in [2.24, 2.45) is 11.8 Å². The molecule has 0 N–H and O–H groups in total. The molecule has 2 nitrogen and oxygen atoms in total. The van der Waals surface area contributed by atoms with Crippen LogP contribution in [0.15, 0.2) is 0 Å². The molecule has 1 saturated carbocycles. The molecule has 0 spiro atoms. The molecule has 0 aromatic carbocycles. The van der Waals surface area contributed by atoms with Gasteiger partial charge in [-0.3, -0.25) is 9.53 Å². The number of halogens is 3. The van der Waals surface area contributed by atoms with E-state index in [0.717, 1.165) is 6.42 Å². The molecule has 2 atom stereocenters. The lowest BCUT2D eigenvalue weighted by molar-refractivity contribution is -0.325. The van der Waals surface area contributed by atoms with Crippen molar-refractivity contribution in [3.05, 3.63) is 0 Å². The van der Waals surface area contributed by atoms with Gasteiger partial charge in [-0.2, -0.15) is 0 Å². The standard InChI is InChI=1S/C10H15F3O2/c1-7-2-3-9(14)8(6-7)4-5-15-10(11,12)13/h7-8H,2-6H2,1H3. The van der Waals surface area contributed by atoms with Crippen molar-refractivity contribution in [1.29, 1.82) is 0 Å². The quantitative estimate of drug-likeness (QED) is 0.736. The summed E-state index contributed by atoms with van der Waals surface area (Å²) in [5.41, 5.74) is 0. The van der Waals surface area contributed by atoms with Crippen LogP contribution < -0.4 is 0 Å². The number of carbonyl (C=O) groups is 1. The summed E-state index contributed by atoms with van der Waals surface area (Å²) in [7, 11) is 0. The molecule has 0 saturated heterocycles. The van der Waals surface area contributed by atoms with Crippen LogP contribution in [0.4, 0.5) is 13.2 Å². The first-order valence-electron chi connectivity index (χ1n) is 5.12. The Morgan fingerprint density at radius 2 is 2.13 bits per heavy atom. The Balaban J connectivity index is 2.28. The lowest BCUT2D eigenvalue weighted by atomic mass is 9.80. The van der Waals surface area contributed by atoms with Crippen molar-refractivity contribution in [2.45, 2.75) is 39.0 Å². The van der Waals surface area contributed by atoms with Crippen LogP contribution in [0.5, 0.6) is 0 Å². The van der Waals surface area contributed by atoms with Gasteiger partial charge in [0.25, 0.3) is 0 Å². The lowest BCUT2D eigenvalue weighted by Gasteiger charge is -2.25. The number of Topliss-reactive ketones (excluding diaryl/α,β-unsaturated/α-hetero) is 1. The zero-order valence-electron chi connectivity index (χ0n) is 8.64. The maximum atomic E-state index is 11.7. The maximum Gasteiger partial charge on any atom is 0.522 e. The van der Waals surface area contributed by atoms with Crippen LogP contribution in [-0.2, 0) is 9.53 Å². The Hall–Kier alpha value is -0.580. The normalized spacial score (nSPS) is 28.1. The first-order valence-corrected chi connectivity index (χ1v) is 5.12. The number of rotatable bonds is 3. The van der Waals surface area contributed by atoms with E-state index in [2.05, 4.69) is 4.74 Å². The zero-order chi connectivity index (χ0) is 11.5. The van der Waals surface area contributed by atoms with E-state index in [4.69, 9.17) is 0 Å². The summed E-state index contributed by atoms with van der Waals surface area (Å²) in [6.07, 6.45) is -2.35. The molecule has 0 amide bonds. The van der Waals surface area contributed by atoms with Gasteiger partial charge >= 0.3 is 6.36 Å². The summed E-state index contributed by atoms with van der Waals surface area (Å²) in [6.45, 7) is 1.61. The van der Waals surface area contributed by atoms with Gasteiger partial charge in [0.1, 0.15) is 5.78 Å². The van der Waals surface area contributed by atoms with Gasteiger partial charge in [-0.25, -0.2) is 0 Å². The van der Waals surface area contributed by atoms with Gasteiger partial charge in [0.05, 0.1) is 6.61 Å². The molecule has 0 aromatic heterocycles. The van der Waals surface area contributed by atoms with E-state index in [1.165, 1.54) is 0 Å². The molecule has 1 fully saturated rings. The molecule has 5 heteroatoms. The average molecular weight is 224 g/mol. The fourth-order valence-corrected chi connectivity index (χ4v) is 1.92. The Morgan fingerprint density at radius 1 is 1.47 bits per heavy atom. The molecule has 0 aliphatic heterocycles. The number of ether oxygens (including phenoxy) is 1. The Kier molecular flexibility index (Phi) is 4.13. The predicted octanol–water partition coefficient (Wildman–Crippen LogP) is 2.92. The number of alkyl halides is 3. The fraction of sp³-hybridized carbons (Fsp3) is 0.900. The molecule has 0 aromatic rings. The molecule has 0 heterocycles. The number of hydrogen-bond acceptors (Lipinski definition) is 2. The van der Waals surface area contributed by atoms with E-state index in [9.17, 15) is 18.0 Å². The van der Waals surface area contributed by atoms with Gasteiger partial charge in [0, 0.05) is 12.3 Å². The van der Waals surface area contributed by atoms with E-state index in [0.29, 0.717) is 18.8 Å². The van der Waals surface area contributed by atoms with Crippen LogP contribution in [0.1, 0.15) is 32.6 Å². The number of hydrogen-bond donors (Lipinski definition) is 0. The van der Waals surface area contributed by atoms with E-state index in [-0.39, 0.29) is 18.1 Å². The molecule has 0 bridgehead atoms. The monoisotopic (exact) mass is 224 g/mol. The highest BCUT2D eigenvalue weighted by Gasteiger charge is 2.31. The van der Waals surface area contributed by atoms with Gasteiger partial charge in [-0.1, -0.05) is 6.92 Å². The van der Waals surface area contributed by atoms with Crippen LogP contribution in [0.3, 0.4) is 0 Å². The second-order valence-corrected chi connectivity index (χ2v) is 4.13. The van der Waals surface area contributed by atoms with Crippen molar-refractivity contribution < 1.29 is 22.7 Å². The Morgan fingerprint density at radius 3 is 2.73 bits per heavy atom. The molecule has 2 unspecified atom stereocenters. The van der Waals surface area contributed by atoms with Crippen LogP contribution in [0.2, 0.25) is 0 Å². The first-order chi connectivity index (χ1) is 6.88. The molecule has 88 valence electrons. The third-order valence-corrected chi connectivity index (χ3v) is 2.76. The summed E-state index contributed by atoms with van der Waals surface area (Å²) in [6, 6.07) is 0. The summed E-state index contributed by atoms with van der Waals surface area (Å²) in [4.78, 5) is 11.4. The van der Waals surface area contributed by atoms with Crippen molar-refractivity contribution >= 4 is 5.78 Å².